The molecule has 3 aromatic heterocycles. The van der Waals surface area contributed by atoms with Gasteiger partial charge >= 0.3 is 0 Å². The monoisotopic (exact) mass is 243 g/mol. The summed E-state index contributed by atoms with van der Waals surface area (Å²) in [7, 11) is 0. The van der Waals surface area contributed by atoms with Gasteiger partial charge in [0.05, 0.1) is 6.20 Å². The fourth-order valence-electron chi connectivity index (χ4n) is 1.80. The summed E-state index contributed by atoms with van der Waals surface area (Å²) in [5.41, 5.74) is 3.09. The summed E-state index contributed by atoms with van der Waals surface area (Å²) in [4.78, 5) is 8.37. The van der Waals surface area contributed by atoms with Crippen molar-refractivity contribution in [3.63, 3.8) is 0 Å². The summed E-state index contributed by atoms with van der Waals surface area (Å²) in [6.07, 6.45) is 3.31. The predicted octanol–water partition coefficient (Wildman–Crippen LogP) is 1.08. The largest absolute Gasteiger partial charge is 0.366 e. The molecule has 3 heterocycles. The molecule has 0 saturated heterocycles. The van der Waals surface area contributed by atoms with Crippen LogP contribution in [0.4, 0.5) is 5.82 Å². The Morgan fingerprint density at radius 3 is 3.06 bits per heavy atom. The molecule has 7 heteroatoms. The zero-order chi connectivity index (χ0) is 12.5. The van der Waals surface area contributed by atoms with E-state index in [9.17, 15) is 0 Å². The van der Waals surface area contributed by atoms with Crippen LogP contribution in [0, 0.1) is 13.8 Å². The molecule has 0 spiro atoms. The van der Waals surface area contributed by atoms with Crippen LogP contribution in [-0.4, -0.2) is 29.8 Å². The molecule has 0 atom stereocenters. The zero-order valence-corrected chi connectivity index (χ0v) is 10.2. The van der Waals surface area contributed by atoms with Crippen LogP contribution >= 0.6 is 0 Å². The molecule has 0 bridgehead atoms. The number of nitrogens with zero attached hydrogens (tertiary/aromatic N) is 5. The lowest BCUT2D eigenvalue weighted by Gasteiger charge is -2.07. The molecule has 2 N–H and O–H groups in total. The molecule has 0 radical (unpaired) electrons. The van der Waals surface area contributed by atoms with Gasteiger partial charge in [0.25, 0.3) is 5.78 Å². The van der Waals surface area contributed by atoms with Crippen LogP contribution in [0.15, 0.2) is 18.6 Å². The number of aromatic nitrogens is 6. The lowest BCUT2D eigenvalue weighted by atomic mass is 10.2. The Labute approximate surface area is 103 Å². The summed E-state index contributed by atoms with van der Waals surface area (Å²) in [5, 5.41) is 14.4. The van der Waals surface area contributed by atoms with Crippen LogP contribution in [0.2, 0.25) is 0 Å². The average molecular weight is 243 g/mol. The molecule has 92 valence electrons. The van der Waals surface area contributed by atoms with Crippen LogP contribution in [-0.2, 0) is 6.54 Å². The van der Waals surface area contributed by atoms with E-state index in [4.69, 9.17) is 0 Å². The number of aromatic amines is 1. The molecular weight excluding hydrogens is 230 g/mol. The van der Waals surface area contributed by atoms with Crippen LogP contribution in [0.3, 0.4) is 0 Å². The van der Waals surface area contributed by atoms with Crippen molar-refractivity contribution in [1.29, 1.82) is 0 Å². The van der Waals surface area contributed by atoms with Crippen molar-refractivity contribution in [1.82, 2.24) is 29.8 Å². The molecule has 18 heavy (non-hydrogen) atoms. The van der Waals surface area contributed by atoms with Gasteiger partial charge in [-0.3, -0.25) is 5.10 Å². The first kappa shape index (κ1) is 10.7. The molecular formula is C11H13N7. The van der Waals surface area contributed by atoms with Gasteiger partial charge in [0.2, 0.25) is 0 Å². The molecule has 0 unspecified atom stereocenters. The number of nitrogens with one attached hydrogen (secondary N) is 2. The van der Waals surface area contributed by atoms with E-state index in [1.165, 1.54) is 6.33 Å². The maximum absolute atomic E-state index is 4.29. The van der Waals surface area contributed by atoms with Crippen LogP contribution < -0.4 is 5.32 Å². The first-order chi connectivity index (χ1) is 8.74. The predicted molar refractivity (Wildman–Crippen MR) is 66.2 cm³/mol. The Hall–Kier alpha value is -2.44. The Kier molecular flexibility index (Phi) is 2.44. The highest BCUT2D eigenvalue weighted by atomic mass is 15.3. The Bertz CT molecular complexity index is 682. The molecule has 3 aromatic rings. The SMILES string of the molecule is Cc1cc(NCc2cn[nH]c2C)n2ncnc2n1. The van der Waals surface area contributed by atoms with Crippen LogP contribution in [0.25, 0.3) is 5.78 Å². The fourth-order valence-corrected chi connectivity index (χ4v) is 1.80. The normalized spacial score (nSPS) is 11.0. The topological polar surface area (TPSA) is 83.8 Å². The van der Waals surface area contributed by atoms with Gasteiger partial charge in [-0.2, -0.15) is 19.7 Å². The number of anilines is 1. The summed E-state index contributed by atoms with van der Waals surface area (Å²) in [6, 6.07) is 1.94. The highest BCUT2D eigenvalue weighted by Gasteiger charge is 2.06. The quantitative estimate of drug-likeness (QED) is 0.719. The van der Waals surface area contributed by atoms with Crippen LogP contribution in [0.1, 0.15) is 17.0 Å². The number of hydrogen-bond acceptors (Lipinski definition) is 5. The number of fused-ring (bicyclic) bond motifs is 1. The molecule has 0 aliphatic rings. The third-order valence-electron chi connectivity index (χ3n) is 2.77. The molecule has 0 aromatic carbocycles. The number of H-pyrrole nitrogens is 1. The van der Waals surface area contributed by atoms with Gasteiger partial charge in [-0.15, -0.1) is 0 Å². The van der Waals surface area contributed by atoms with Gasteiger partial charge < -0.3 is 5.32 Å². The average Bonchev–Trinajstić information content (AvgIpc) is 2.94. The van der Waals surface area contributed by atoms with Crippen molar-refractivity contribution < 1.29 is 0 Å². The van der Waals surface area contributed by atoms with E-state index in [0.29, 0.717) is 12.3 Å². The van der Waals surface area contributed by atoms with E-state index in [1.807, 2.05) is 26.1 Å². The number of rotatable bonds is 3. The van der Waals surface area contributed by atoms with Gasteiger partial charge in [0.1, 0.15) is 12.1 Å². The minimum atomic E-state index is 0.599. The second-order valence-corrected chi connectivity index (χ2v) is 4.13. The van der Waals surface area contributed by atoms with Crippen LogP contribution in [0.5, 0.6) is 0 Å². The highest BCUT2D eigenvalue weighted by Crippen LogP contribution is 2.12. The molecule has 0 fully saturated rings. The van der Waals surface area contributed by atoms with Crippen molar-refractivity contribution in [2.24, 2.45) is 0 Å². The summed E-state index contributed by atoms with van der Waals surface area (Å²) in [6.45, 7) is 4.61. The summed E-state index contributed by atoms with van der Waals surface area (Å²) < 4.78 is 1.68. The Morgan fingerprint density at radius 1 is 1.39 bits per heavy atom. The van der Waals surface area contributed by atoms with Gasteiger partial charge in [-0.05, 0) is 13.8 Å². The second-order valence-electron chi connectivity index (χ2n) is 4.13. The van der Waals surface area contributed by atoms with E-state index in [2.05, 4.69) is 30.6 Å². The summed E-state index contributed by atoms with van der Waals surface area (Å²) >= 11 is 0. The fraction of sp³-hybridized carbons (Fsp3) is 0.273. The van der Waals surface area contributed by atoms with Crippen molar-refractivity contribution >= 4 is 11.6 Å². The summed E-state index contributed by atoms with van der Waals surface area (Å²) in [5.74, 6) is 1.47. The van der Waals surface area contributed by atoms with Gasteiger partial charge in [0.15, 0.2) is 0 Å². The zero-order valence-electron chi connectivity index (χ0n) is 10.2. The molecule has 0 amide bonds. The van der Waals surface area contributed by atoms with Crippen molar-refractivity contribution in [2.75, 3.05) is 5.32 Å². The van der Waals surface area contributed by atoms with E-state index in [0.717, 1.165) is 22.8 Å². The third-order valence-corrected chi connectivity index (χ3v) is 2.77. The molecule has 3 rings (SSSR count). The molecule has 0 aliphatic heterocycles. The number of aryl methyl sites for hydroxylation is 2. The van der Waals surface area contributed by atoms with E-state index < -0.39 is 0 Å². The third kappa shape index (κ3) is 1.79. The maximum Gasteiger partial charge on any atom is 0.254 e. The first-order valence-electron chi connectivity index (χ1n) is 5.64. The smallest absolute Gasteiger partial charge is 0.254 e. The van der Waals surface area contributed by atoms with Gasteiger partial charge in [-0.1, -0.05) is 0 Å². The lowest BCUT2D eigenvalue weighted by molar-refractivity contribution is 0.915. The van der Waals surface area contributed by atoms with Gasteiger partial charge in [-0.25, -0.2) is 4.98 Å². The van der Waals surface area contributed by atoms with E-state index >= 15 is 0 Å². The minimum absolute atomic E-state index is 0.599. The lowest BCUT2D eigenvalue weighted by Crippen LogP contribution is -2.07. The second kappa shape index (κ2) is 4.10. The molecule has 0 saturated carbocycles. The molecule has 7 nitrogen and oxygen atoms in total. The van der Waals surface area contributed by atoms with Crippen molar-refractivity contribution in [2.45, 2.75) is 20.4 Å². The first-order valence-corrected chi connectivity index (χ1v) is 5.64. The van der Waals surface area contributed by atoms with Crippen molar-refractivity contribution in [3.05, 3.63) is 35.5 Å². The Morgan fingerprint density at radius 2 is 2.28 bits per heavy atom. The maximum atomic E-state index is 4.29. The minimum Gasteiger partial charge on any atom is -0.366 e. The standard InChI is InChI=1S/C11H13N7/c1-7-3-10(18-11(16-7)13-6-15-18)12-4-9-5-14-17-8(9)2/h3,5-6,12H,4H2,1-2H3,(H,14,17). The Balaban J connectivity index is 1.90. The van der Waals surface area contributed by atoms with E-state index in [-0.39, 0.29) is 0 Å². The van der Waals surface area contributed by atoms with Gasteiger partial charge in [0, 0.05) is 29.6 Å². The van der Waals surface area contributed by atoms with E-state index in [1.54, 1.807) is 4.52 Å². The molecule has 0 aliphatic carbocycles. The van der Waals surface area contributed by atoms with Crippen molar-refractivity contribution in [3.8, 4) is 0 Å². The highest BCUT2D eigenvalue weighted by molar-refractivity contribution is 5.45. The number of hydrogen-bond donors (Lipinski definition) is 2.